The van der Waals surface area contributed by atoms with Crippen molar-refractivity contribution in [3.8, 4) is 0 Å². The second-order valence-electron chi connectivity index (χ2n) is 7.95. The van der Waals surface area contributed by atoms with Gasteiger partial charge in [0.1, 0.15) is 18.0 Å². The molecule has 148 valence electrons. The summed E-state index contributed by atoms with van der Waals surface area (Å²) in [5.41, 5.74) is -2.35. The van der Waals surface area contributed by atoms with Gasteiger partial charge in [-0.2, -0.15) is 0 Å². The lowest BCUT2D eigenvalue weighted by Crippen LogP contribution is -2.52. The van der Waals surface area contributed by atoms with Gasteiger partial charge in [-0.25, -0.2) is 18.6 Å². The largest absolute Gasteiger partial charge is 0.465 e. The van der Waals surface area contributed by atoms with E-state index in [9.17, 15) is 23.8 Å². The van der Waals surface area contributed by atoms with Crippen LogP contribution in [0.1, 0.15) is 32.8 Å². The Bertz CT molecular complexity index is 816. The second-order valence-corrected chi connectivity index (χ2v) is 10.2. The van der Waals surface area contributed by atoms with E-state index in [0.717, 1.165) is 16.7 Å². The number of aliphatic imine (C=N–C) groups is 1. The molecular weight excluding hydrogens is 442 g/mol. The molecule has 0 aromatic heterocycles. The van der Waals surface area contributed by atoms with Crippen LogP contribution in [0.5, 0.6) is 0 Å². The number of carboxylic acid groups (broad SMARTS) is 1. The standard InChI is InChI=1S/C18H21BrF2N2O3S/c1-16(2,3)23(15(25)26)14-22-18(8-20,13-7-17(13,9-24)27-14)11-6-10(19)4-5-12(11)21/h4-6,13,24H,7-9H2,1-3H3,(H,25,26)/t13-,17-,18-/m1/s1. The Balaban J connectivity index is 2.23. The lowest BCUT2D eigenvalue weighted by molar-refractivity contribution is 0.140. The third-order valence-electron chi connectivity index (χ3n) is 5.11. The molecule has 9 heteroatoms. The average Bonchev–Trinajstić information content (AvgIpc) is 3.30. The first-order valence-electron chi connectivity index (χ1n) is 8.45. The minimum Gasteiger partial charge on any atom is -0.465 e. The number of thioether (sulfide) groups is 1. The molecule has 3 rings (SSSR count). The Hall–Kier alpha value is -1.19. The average molecular weight is 463 g/mol. The Labute approximate surface area is 169 Å². The van der Waals surface area contributed by atoms with Crippen molar-refractivity contribution in [2.75, 3.05) is 13.3 Å². The van der Waals surface area contributed by atoms with E-state index in [4.69, 9.17) is 0 Å². The summed E-state index contributed by atoms with van der Waals surface area (Å²) in [6.45, 7) is 3.84. The number of alkyl halides is 1. The monoisotopic (exact) mass is 462 g/mol. The maximum atomic E-state index is 14.7. The molecule has 0 bridgehead atoms. The molecule has 2 N–H and O–H groups in total. The molecule has 0 saturated heterocycles. The third-order valence-corrected chi connectivity index (χ3v) is 7.05. The van der Waals surface area contributed by atoms with E-state index in [1.165, 1.54) is 18.2 Å². The number of carbonyl (C=O) groups is 1. The third kappa shape index (κ3) is 3.27. The van der Waals surface area contributed by atoms with E-state index in [1.54, 1.807) is 20.8 Å². The molecule has 0 spiro atoms. The molecule has 27 heavy (non-hydrogen) atoms. The van der Waals surface area contributed by atoms with Gasteiger partial charge in [-0.15, -0.1) is 0 Å². The fraction of sp³-hybridized carbons (Fsp3) is 0.556. The van der Waals surface area contributed by atoms with Gasteiger partial charge in [-0.3, -0.25) is 4.90 Å². The van der Waals surface area contributed by atoms with Crippen LogP contribution in [0.2, 0.25) is 0 Å². The molecule has 5 nitrogen and oxygen atoms in total. The van der Waals surface area contributed by atoms with E-state index < -0.39 is 40.3 Å². The Morgan fingerprint density at radius 2 is 2.15 bits per heavy atom. The van der Waals surface area contributed by atoms with Gasteiger partial charge in [0.2, 0.25) is 0 Å². The molecular formula is C18H21BrF2N2O3S. The van der Waals surface area contributed by atoms with Crippen LogP contribution >= 0.6 is 27.7 Å². The number of fused-ring (bicyclic) bond motifs is 1. The van der Waals surface area contributed by atoms with Crippen LogP contribution in [0.3, 0.4) is 0 Å². The molecule has 1 saturated carbocycles. The van der Waals surface area contributed by atoms with E-state index in [2.05, 4.69) is 20.9 Å². The van der Waals surface area contributed by atoms with Gasteiger partial charge in [0.05, 0.1) is 11.4 Å². The minimum atomic E-state index is -1.57. The fourth-order valence-electron chi connectivity index (χ4n) is 3.69. The van der Waals surface area contributed by atoms with Gasteiger partial charge in [0.15, 0.2) is 5.17 Å². The summed E-state index contributed by atoms with van der Waals surface area (Å²) in [6.07, 6.45) is -0.808. The van der Waals surface area contributed by atoms with Crippen LogP contribution in [0.25, 0.3) is 0 Å². The first-order chi connectivity index (χ1) is 12.5. The normalized spacial score (nSPS) is 29.7. The minimum absolute atomic E-state index is 0.0664. The van der Waals surface area contributed by atoms with Crippen LogP contribution in [0.4, 0.5) is 13.6 Å². The predicted octanol–water partition coefficient (Wildman–Crippen LogP) is 4.39. The Morgan fingerprint density at radius 1 is 1.48 bits per heavy atom. The van der Waals surface area contributed by atoms with Crippen molar-refractivity contribution in [2.24, 2.45) is 10.9 Å². The highest BCUT2D eigenvalue weighted by molar-refractivity contribution is 9.10. The molecule has 2 aliphatic rings. The summed E-state index contributed by atoms with van der Waals surface area (Å²) < 4.78 is 29.0. The number of hydrogen-bond acceptors (Lipinski definition) is 4. The second kappa shape index (κ2) is 6.70. The SMILES string of the molecule is CC(C)(C)N(C(=O)O)C1=N[C@](CF)(c2cc(Br)ccc2F)[C@@H]2C[C@]2(CO)S1. The summed E-state index contributed by atoms with van der Waals surface area (Å²) >= 11 is 4.42. The van der Waals surface area contributed by atoms with Crippen LogP contribution in [-0.4, -0.2) is 49.9 Å². The van der Waals surface area contributed by atoms with Crippen LogP contribution in [0, 0.1) is 11.7 Å². The molecule has 3 atom stereocenters. The maximum absolute atomic E-state index is 14.7. The van der Waals surface area contributed by atoms with E-state index in [-0.39, 0.29) is 17.3 Å². The number of benzene rings is 1. The summed E-state index contributed by atoms with van der Waals surface area (Å²) in [6, 6.07) is 4.22. The topological polar surface area (TPSA) is 73.1 Å². The number of aliphatic hydroxyl groups is 1. The van der Waals surface area contributed by atoms with Crippen molar-refractivity contribution in [3.05, 3.63) is 34.1 Å². The molecule has 1 aliphatic carbocycles. The highest BCUT2D eigenvalue weighted by Gasteiger charge is 2.69. The van der Waals surface area contributed by atoms with Crippen molar-refractivity contribution in [2.45, 2.75) is 43.0 Å². The number of amidine groups is 1. The predicted molar refractivity (Wildman–Crippen MR) is 104 cm³/mol. The van der Waals surface area contributed by atoms with E-state index >= 15 is 0 Å². The first kappa shape index (κ1) is 20.5. The molecule has 1 fully saturated rings. The van der Waals surface area contributed by atoms with Crippen molar-refractivity contribution in [1.29, 1.82) is 0 Å². The first-order valence-corrected chi connectivity index (χ1v) is 10.1. The number of hydrogen-bond donors (Lipinski definition) is 2. The van der Waals surface area contributed by atoms with Gasteiger partial charge in [0.25, 0.3) is 0 Å². The van der Waals surface area contributed by atoms with Crippen molar-refractivity contribution in [3.63, 3.8) is 0 Å². The summed E-state index contributed by atoms with van der Waals surface area (Å²) in [5, 5.41) is 19.8. The van der Waals surface area contributed by atoms with Crippen molar-refractivity contribution < 1.29 is 23.8 Å². The number of rotatable bonds is 3. The molecule has 1 amide bonds. The smallest absolute Gasteiger partial charge is 0.413 e. The highest BCUT2D eigenvalue weighted by Crippen LogP contribution is 2.66. The Kier molecular flexibility index (Phi) is 5.10. The number of halogens is 3. The molecule has 1 aromatic rings. The number of amides is 1. The molecule has 0 radical (unpaired) electrons. The van der Waals surface area contributed by atoms with E-state index in [1.807, 2.05) is 0 Å². The molecule has 1 aliphatic heterocycles. The van der Waals surface area contributed by atoms with Gasteiger partial charge < -0.3 is 10.2 Å². The zero-order chi connectivity index (χ0) is 20.2. The van der Waals surface area contributed by atoms with Crippen LogP contribution < -0.4 is 0 Å². The molecule has 0 unspecified atom stereocenters. The Morgan fingerprint density at radius 3 is 2.67 bits per heavy atom. The van der Waals surface area contributed by atoms with Gasteiger partial charge in [-0.05, 0) is 45.4 Å². The van der Waals surface area contributed by atoms with Crippen molar-refractivity contribution >= 4 is 39.0 Å². The van der Waals surface area contributed by atoms with Crippen molar-refractivity contribution in [1.82, 2.24) is 4.90 Å². The lowest BCUT2D eigenvalue weighted by Gasteiger charge is -2.41. The van der Waals surface area contributed by atoms with Crippen LogP contribution in [-0.2, 0) is 5.54 Å². The van der Waals surface area contributed by atoms with Crippen LogP contribution in [0.15, 0.2) is 27.7 Å². The van der Waals surface area contributed by atoms with E-state index in [0.29, 0.717) is 10.9 Å². The summed E-state index contributed by atoms with van der Waals surface area (Å²) in [7, 11) is 0. The number of nitrogens with zero attached hydrogens (tertiary/aromatic N) is 2. The molecule has 1 aromatic carbocycles. The summed E-state index contributed by atoms with van der Waals surface area (Å²) in [5.74, 6) is -1.03. The van der Waals surface area contributed by atoms with Gasteiger partial charge in [-0.1, -0.05) is 27.7 Å². The quantitative estimate of drug-likeness (QED) is 0.698. The lowest BCUT2D eigenvalue weighted by atomic mass is 9.85. The van der Waals surface area contributed by atoms with Gasteiger partial charge in [0, 0.05) is 21.5 Å². The zero-order valence-corrected chi connectivity index (χ0v) is 17.6. The van der Waals surface area contributed by atoms with Gasteiger partial charge >= 0.3 is 6.09 Å². The fourth-order valence-corrected chi connectivity index (χ4v) is 5.72. The highest BCUT2D eigenvalue weighted by atomic mass is 79.9. The zero-order valence-electron chi connectivity index (χ0n) is 15.2. The number of aliphatic hydroxyl groups excluding tert-OH is 1. The molecule has 1 heterocycles. The summed E-state index contributed by atoms with van der Waals surface area (Å²) in [4.78, 5) is 17.5. The maximum Gasteiger partial charge on any atom is 0.413 e.